The molecule has 0 unspecified atom stereocenters. The zero-order valence-corrected chi connectivity index (χ0v) is 41.3. The number of aryl methyl sites for hydroxylation is 1. The summed E-state index contributed by atoms with van der Waals surface area (Å²) >= 11 is 0. The number of fused-ring (bicyclic) bond motifs is 1. The van der Waals surface area contributed by atoms with E-state index >= 15 is 0 Å². The van der Waals surface area contributed by atoms with Crippen molar-refractivity contribution in [3.63, 3.8) is 0 Å². The number of hydrogen-bond acceptors (Lipinski definition) is 3. The molecule has 0 fully saturated rings. The number of rotatable bonds is 10. The number of phenolic OH excluding ortho intramolecular Hbond substituents is 1. The minimum absolute atomic E-state index is 0. The molecule has 0 aliphatic rings. The molecule has 65 heavy (non-hydrogen) atoms. The molecular formula is C60H64N3OPt-. The Hall–Kier alpha value is -5.57. The van der Waals surface area contributed by atoms with E-state index in [9.17, 15) is 5.11 Å². The van der Waals surface area contributed by atoms with Gasteiger partial charge in [-0.3, -0.25) is 9.55 Å². The summed E-state index contributed by atoms with van der Waals surface area (Å²) in [6, 6.07) is 29.0. The van der Waals surface area contributed by atoms with Gasteiger partial charge >= 0.3 is 0 Å². The molecule has 0 saturated carbocycles. The number of imidazole rings is 1. The van der Waals surface area contributed by atoms with Gasteiger partial charge in [0.25, 0.3) is 0 Å². The van der Waals surface area contributed by atoms with Gasteiger partial charge in [-0.05, 0) is 123 Å². The van der Waals surface area contributed by atoms with E-state index < -0.39 is 60.6 Å². The standard InChI is InChI=1S/C60H64N3O.Pt/c1-35(2)44-26-45(36(3)4)28-47(27-44)42-21-22-55(40(10)25-42)63-56-16-14-15-51(57(56)62-59(63)53-33-46(37(5)6)32-52(38(7)8)58(53)64)48-29-49(31-50(30-48)60(11,12)13)54-34-43(23-24-61-54)41-19-17-39(9)18-20-41;/h14-28,30-38,64H,1-13H3;/q-1;/i9D3,10D3,17D,18D,19D,20D,35D,36D;. The summed E-state index contributed by atoms with van der Waals surface area (Å²) in [6.07, 6.45) is 1.50. The van der Waals surface area contributed by atoms with Crippen LogP contribution in [0, 0.1) is 19.8 Å². The largest absolute Gasteiger partial charge is 0.507 e. The predicted molar refractivity (Wildman–Crippen MR) is 271 cm³/mol. The molecule has 0 aliphatic carbocycles. The van der Waals surface area contributed by atoms with Gasteiger partial charge in [-0.25, -0.2) is 4.98 Å². The van der Waals surface area contributed by atoms with Gasteiger partial charge in [0.15, 0.2) is 0 Å². The van der Waals surface area contributed by atoms with Crippen molar-refractivity contribution in [1.82, 2.24) is 14.5 Å². The molecule has 2 heterocycles. The zero-order valence-electron chi connectivity index (χ0n) is 51.0. The quantitative estimate of drug-likeness (QED) is 0.139. The van der Waals surface area contributed by atoms with Gasteiger partial charge < -0.3 is 5.11 Å². The molecule has 8 rings (SSSR count). The van der Waals surface area contributed by atoms with Crippen LogP contribution in [0.1, 0.15) is 155 Å². The Morgan fingerprint density at radius 3 is 2.00 bits per heavy atom. The van der Waals surface area contributed by atoms with E-state index in [4.69, 9.17) is 26.4 Å². The van der Waals surface area contributed by atoms with E-state index in [0.717, 1.165) is 11.1 Å². The fourth-order valence-corrected chi connectivity index (χ4v) is 8.12. The van der Waals surface area contributed by atoms with Crippen molar-refractivity contribution in [3.05, 3.63) is 166 Å². The number of pyridine rings is 1. The average molecular weight is 1050 g/mol. The summed E-state index contributed by atoms with van der Waals surface area (Å²) in [5.74, 6) is -1.70. The average Bonchev–Trinajstić information content (AvgIpc) is 3.72. The third-order valence-electron chi connectivity index (χ3n) is 12.0. The Balaban J connectivity index is 0.00000861. The van der Waals surface area contributed by atoms with Gasteiger partial charge in [0.05, 0.1) is 27.8 Å². The van der Waals surface area contributed by atoms with Crippen LogP contribution >= 0.6 is 0 Å². The van der Waals surface area contributed by atoms with Gasteiger partial charge in [-0.15, -0.1) is 29.3 Å². The van der Waals surface area contributed by atoms with Gasteiger partial charge in [-0.2, -0.15) is 0 Å². The Kier molecular flexibility index (Phi) is 9.75. The fraction of sp³-hybridized carbons (Fsp3) is 0.300. The topological polar surface area (TPSA) is 50.9 Å². The second kappa shape index (κ2) is 18.7. The van der Waals surface area contributed by atoms with Crippen LogP contribution in [0.15, 0.2) is 121 Å². The summed E-state index contributed by atoms with van der Waals surface area (Å²) in [5.41, 5.74) is 8.32. The monoisotopic (exact) mass is 1050 g/mol. The summed E-state index contributed by atoms with van der Waals surface area (Å²) in [7, 11) is 0. The van der Waals surface area contributed by atoms with E-state index in [0.29, 0.717) is 83.9 Å². The molecule has 336 valence electrons. The van der Waals surface area contributed by atoms with Crippen molar-refractivity contribution in [2.45, 2.75) is 119 Å². The van der Waals surface area contributed by atoms with Crippen LogP contribution in [0.5, 0.6) is 5.75 Å². The molecule has 0 atom stereocenters. The summed E-state index contributed by atoms with van der Waals surface area (Å²) < 4.78 is 106. The Morgan fingerprint density at radius 1 is 0.677 bits per heavy atom. The molecule has 0 radical (unpaired) electrons. The summed E-state index contributed by atoms with van der Waals surface area (Å²) in [5, 5.41) is 12.3. The van der Waals surface area contributed by atoms with Crippen molar-refractivity contribution < 1.29 is 42.6 Å². The molecule has 2 aromatic heterocycles. The number of aromatic hydroxyl groups is 1. The van der Waals surface area contributed by atoms with E-state index in [1.807, 2.05) is 85.1 Å². The number of hydrogen-bond donors (Lipinski definition) is 1. The van der Waals surface area contributed by atoms with Crippen molar-refractivity contribution in [2.24, 2.45) is 0 Å². The van der Waals surface area contributed by atoms with E-state index in [1.54, 1.807) is 52.0 Å². The van der Waals surface area contributed by atoms with Crippen LogP contribution in [0.3, 0.4) is 0 Å². The summed E-state index contributed by atoms with van der Waals surface area (Å²) in [4.78, 5) is 10.1. The van der Waals surface area contributed by atoms with Crippen molar-refractivity contribution >= 4 is 11.0 Å². The SMILES string of the molecule is [2H]c1c([2H])c(C([2H])([2H])[2H])c([2H])c([2H])c1-c1ccnc(-c2[c-]c(-c3cccc4c3nc(-c3cc(C(C)C)cc(C(C)C)c3O)n4-c3ccc(-c4cc(C([2H])(C)C)cc(C([2H])(C)C)c4)cc3C([2H])([2H])[2H])cc(C(C)(C)C)c2)c1.[Pt]. The molecular weight excluding hydrogens is 974 g/mol. The third-order valence-corrected chi connectivity index (χ3v) is 12.0. The van der Waals surface area contributed by atoms with E-state index in [-0.39, 0.29) is 49.8 Å². The van der Waals surface area contributed by atoms with Crippen LogP contribution in [0.2, 0.25) is 0 Å². The number of para-hydroxylation sites is 1. The van der Waals surface area contributed by atoms with Gasteiger partial charge in [0.1, 0.15) is 11.6 Å². The van der Waals surface area contributed by atoms with Crippen LogP contribution in [-0.2, 0) is 26.5 Å². The molecule has 1 N–H and O–H groups in total. The first-order valence-corrected chi connectivity index (χ1v) is 21.9. The van der Waals surface area contributed by atoms with Gasteiger partial charge in [0.2, 0.25) is 0 Å². The number of benzene rings is 6. The maximum Gasteiger partial charge on any atom is 0.148 e. The Bertz CT molecular complexity index is 3530. The van der Waals surface area contributed by atoms with E-state index in [1.165, 1.54) is 6.20 Å². The molecule has 0 saturated heterocycles. The third kappa shape index (κ3) is 9.57. The van der Waals surface area contributed by atoms with Crippen molar-refractivity contribution in [2.75, 3.05) is 0 Å². The molecule has 0 spiro atoms. The smallest absolute Gasteiger partial charge is 0.148 e. The molecule has 5 heteroatoms. The normalized spacial score (nSPS) is 15.3. The van der Waals surface area contributed by atoms with Crippen LogP contribution in [0.25, 0.3) is 72.7 Å². The number of phenols is 1. The maximum absolute atomic E-state index is 12.3. The number of aromatic nitrogens is 3. The first kappa shape index (κ1) is 33.8. The molecule has 0 amide bonds. The fourth-order valence-electron chi connectivity index (χ4n) is 8.12. The van der Waals surface area contributed by atoms with Gasteiger partial charge in [-0.1, -0.05) is 166 Å². The van der Waals surface area contributed by atoms with Crippen LogP contribution in [-0.4, -0.2) is 19.6 Å². The second-order valence-electron chi connectivity index (χ2n) is 18.9. The van der Waals surface area contributed by atoms with Crippen LogP contribution < -0.4 is 0 Å². The second-order valence-corrected chi connectivity index (χ2v) is 18.9. The van der Waals surface area contributed by atoms with Crippen molar-refractivity contribution in [3.8, 4) is 67.5 Å². The Labute approximate surface area is 419 Å². The molecule has 6 aromatic carbocycles. The zero-order chi connectivity index (χ0) is 56.1. The molecule has 4 nitrogen and oxygen atoms in total. The molecule has 0 aliphatic heterocycles. The van der Waals surface area contributed by atoms with Crippen molar-refractivity contribution in [1.29, 1.82) is 0 Å². The van der Waals surface area contributed by atoms with Crippen LogP contribution in [0.4, 0.5) is 0 Å². The number of nitrogens with zero attached hydrogens (tertiary/aromatic N) is 3. The predicted octanol–water partition coefficient (Wildman–Crippen LogP) is 16.7. The minimum Gasteiger partial charge on any atom is -0.507 e. The first-order valence-electron chi connectivity index (χ1n) is 27.9. The molecule has 8 aromatic rings. The summed E-state index contributed by atoms with van der Waals surface area (Å²) in [6.45, 7) is 16.0. The van der Waals surface area contributed by atoms with E-state index in [2.05, 4.69) is 40.7 Å². The Morgan fingerprint density at radius 2 is 1.37 bits per heavy atom. The molecule has 0 bridgehead atoms. The minimum atomic E-state index is -2.86. The first-order chi connectivity index (χ1) is 35.1. The van der Waals surface area contributed by atoms with Gasteiger partial charge in [0, 0.05) is 43.9 Å². The maximum atomic E-state index is 12.3.